The summed E-state index contributed by atoms with van der Waals surface area (Å²) in [5, 5.41) is 3.00. The van der Waals surface area contributed by atoms with E-state index in [4.69, 9.17) is 0 Å². The first-order valence-electron chi connectivity index (χ1n) is 12.2. The van der Waals surface area contributed by atoms with Crippen molar-refractivity contribution in [2.24, 2.45) is 0 Å². The van der Waals surface area contributed by atoms with E-state index in [1.54, 1.807) is 12.1 Å². The Kier molecular flexibility index (Phi) is 6.63. The molecule has 3 aliphatic rings. The summed E-state index contributed by atoms with van der Waals surface area (Å²) < 4.78 is 52.4. The highest BCUT2D eigenvalue weighted by Crippen LogP contribution is 2.32. The zero-order valence-electron chi connectivity index (χ0n) is 19.7. The highest BCUT2D eigenvalue weighted by atomic mass is 19.4. The van der Waals surface area contributed by atoms with Gasteiger partial charge in [-0.05, 0) is 61.2 Å². The minimum Gasteiger partial charge on any atom is -0.370 e. The quantitative estimate of drug-likeness (QED) is 0.635. The van der Waals surface area contributed by atoms with Gasteiger partial charge in [-0.15, -0.1) is 0 Å². The van der Waals surface area contributed by atoms with Crippen molar-refractivity contribution in [1.29, 1.82) is 0 Å². The first-order chi connectivity index (χ1) is 17.2. The van der Waals surface area contributed by atoms with Crippen LogP contribution in [0.1, 0.15) is 34.3 Å². The van der Waals surface area contributed by atoms with E-state index in [1.807, 2.05) is 0 Å². The van der Waals surface area contributed by atoms with Gasteiger partial charge in [0.1, 0.15) is 5.82 Å². The van der Waals surface area contributed by atoms with Crippen LogP contribution in [0.2, 0.25) is 0 Å². The molecule has 2 aromatic carbocycles. The Bertz CT molecular complexity index is 1140. The number of amides is 2. The van der Waals surface area contributed by atoms with Gasteiger partial charge < -0.3 is 15.1 Å². The molecule has 3 aliphatic heterocycles. The number of alkyl halides is 3. The van der Waals surface area contributed by atoms with Crippen LogP contribution in [0, 0.1) is 5.82 Å². The van der Waals surface area contributed by atoms with Crippen LogP contribution in [-0.2, 0) is 17.4 Å². The van der Waals surface area contributed by atoms with Crippen LogP contribution in [0.25, 0.3) is 0 Å². The Morgan fingerprint density at radius 3 is 2.53 bits per heavy atom. The van der Waals surface area contributed by atoms with Gasteiger partial charge in [0.05, 0.1) is 12.1 Å². The van der Waals surface area contributed by atoms with Crippen molar-refractivity contribution < 1.29 is 27.2 Å². The largest absolute Gasteiger partial charge is 0.416 e. The lowest BCUT2D eigenvalue weighted by molar-refractivity contribution is -0.137. The topological polar surface area (TPSA) is 55.9 Å². The van der Waals surface area contributed by atoms with E-state index in [0.29, 0.717) is 31.1 Å². The van der Waals surface area contributed by atoms with Crippen molar-refractivity contribution in [3.63, 3.8) is 0 Å². The Hall–Kier alpha value is -3.14. The molecule has 0 radical (unpaired) electrons. The fraction of sp³-hybridized carbons (Fsp3) is 0.462. The molecule has 2 aromatic rings. The van der Waals surface area contributed by atoms with Crippen LogP contribution in [0.5, 0.6) is 0 Å². The number of nitrogens with one attached hydrogen (secondary N) is 1. The molecule has 2 amide bonds. The van der Waals surface area contributed by atoms with Crippen molar-refractivity contribution >= 4 is 17.5 Å². The number of likely N-dealkylation sites (tertiary alicyclic amines) is 1. The van der Waals surface area contributed by atoms with Crippen LogP contribution in [0.15, 0.2) is 42.5 Å². The third-order valence-electron chi connectivity index (χ3n) is 7.40. The third-order valence-corrected chi connectivity index (χ3v) is 7.40. The van der Waals surface area contributed by atoms with Crippen LogP contribution in [-0.4, -0.2) is 73.0 Å². The molecule has 1 N–H and O–H groups in total. The van der Waals surface area contributed by atoms with Crippen LogP contribution in [0.3, 0.4) is 0 Å². The highest BCUT2D eigenvalue weighted by Gasteiger charge is 2.36. The van der Waals surface area contributed by atoms with Gasteiger partial charge in [-0.25, -0.2) is 4.39 Å². The van der Waals surface area contributed by atoms with Gasteiger partial charge in [-0.3, -0.25) is 14.5 Å². The smallest absolute Gasteiger partial charge is 0.370 e. The zero-order valence-corrected chi connectivity index (χ0v) is 19.7. The molecule has 0 aromatic heterocycles. The molecule has 5 rings (SSSR count). The maximum Gasteiger partial charge on any atom is 0.416 e. The number of carbonyl (C=O) groups excluding carboxylic acids is 2. The lowest BCUT2D eigenvalue weighted by Gasteiger charge is -2.29. The normalized spacial score (nSPS) is 22.7. The van der Waals surface area contributed by atoms with Gasteiger partial charge in [-0.1, -0.05) is 6.07 Å². The Labute approximate surface area is 206 Å². The Balaban J connectivity index is 1.12. The molecule has 2 saturated heterocycles. The summed E-state index contributed by atoms with van der Waals surface area (Å²) in [6, 6.07) is 10.0. The summed E-state index contributed by atoms with van der Waals surface area (Å²) in [6.45, 7) is 3.41. The van der Waals surface area contributed by atoms with E-state index in [0.717, 1.165) is 50.3 Å². The first-order valence-corrected chi connectivity index (χ1v) is 12.2. The number of carbonyl (C=O) groups is 2. The molecule has 2 atom stereocenters. The van der Waals surface area contributed by atoms with E-state index in [9.17, 15) is 27.2 Å². The summed E-state index contributed by atoms with van der Waals surface area (Å²) in [6.07, 6.45) is -2.33. The number of hydrogen-bond acceptors (Lipinski definition) is 4. The predicted octanol–water partition coefficient (Wildman–Crippen LogP) is 3.31. The Morgan fingerprint density at radius 1 is 1.00 bits per heavy atom. The van der Waals surface area contributed by atoms with Crippen molar-refractivity contribution in [3.8, 4) is 0 Å². The van der Waals surface area contributed by atoms with Gasteiger partial charge >= 0.3 is 6.18 Å². The second-order valence-corrected chi connectivity index (χ2v) is 9.76. The van der Waals surface area contributed by atoms with Gasteiger partial charge in [0.2, 0.25) is 5.91 Å². The summed E-state index contributed by atoms with van der Waals surface area (Å²) in [7, 11) is 0. The third kappa shape index (κ3) is 5.18. The first kappa shape index (κ1) is 24.5. The number of hydrogen-bond donors (Lipinski definition) is 1. The van der Waals surface area contributed by atoms with Crippen molar-refractivity contribution in [2.45, 2.75) is 37.5 Å². The lowest BCUT2D eigenvalue weighted by Crippen LogP contribution is -2.47. The Morgan fingerprint density at radius 2 is 1.78 bits per heavy atom. The molecule has 192 valence electrons. The van der Waals surface area contributed by atoms with Crippen LogP contribution in [0.4, 0.5) is 23.2 Å². The molecule has 0 saturated carbocycles. The lowest BCUT2D eigenvalue weighted by atomic mass is 9.96. The molecule has 3 heterocycles. The maximum atomic E-state index is 13.2. The number of halogens is 4. The van der Waals surface area contributed by atoms with Crippen LogP contribution < -0.4 is 10.2 Å². The standard InChI is InChI=1S/C26H28F4N4O2/c27-19-3-5-21(6-4-19)33-12-9-22(15-33)32-11-8-20(14-32)31-24(35)16-34-10-7-17-1-2-18(26(28,29)30)13-23(17)25(34)36/h1-6,13,20,22H,7-12,14-16H2,(H,31,35). The molecule has 2 unspecified atom stereocenters. The number of benzene rings is 2. The molecular weight excluding hydrogens is 476 g/mol. The van der Waals surface area contributed by atoms with Crippen molar-refractivity contribution in [2.75, 3.05) is 44.2 Å². The number of rotatable bonds is 5. The zero-order chi connectivity index (χ0) is 25.4. The molecular formula is C26H28F4N4O2. The van der Waals surface area contributed by atoms with E-state index in [-0.39, 0.29) is 29.9 Å². The maximum absolute atomic E-state index is 13.2. The summed E-state index contributed by atoms with van der Waals surface area (Å²) in [4.78, 5) is 31.4. The molecule has 0 bridgehead atoms. The SMILES string of the molecule is O=C(CN1CCc2ccc(C(F)(F)F)cc2C1=O)NC1CCN(C2CCN(c3ccc(F)cc3)C2)C1. The average molecular weight is 505 g/mol. The molecule has 0 aliphatic carbocycles. The van der Waals surface area contributed by atoms with Gasteiger partial charge in [0.25, 0.3) is 5.91 Å². The summed E-state index contributed by atoms with van der Waals surface area (Å²) in [5.74, 6) is -1.10. The van der Waals surface area contributed by atoms with E-state index in [1.165, 1.54) is 23.1 Å². The van der Waals surface area contributed by atoms with E-state index < -0.39 is 17.6 Å². The van der Waals surface area contributed by atoms with E-state index in [2.05, 4.69) is 15.1 Å². The molecule has 6 nitrogen and oxygen atoms in total. The van der Waals surface area contributed by atoms with Crippen LogP contribution >= 0.6 is 0 Å². The van der Waals surface area contributed by atoms with Gasteiger partial charge in [0, 0.05) is 56.1 Å². The monoisotopic (exact) mass is 504 g/mol. The fourth-order valence-electron chi connectivity index (χ4n) is 5.46. The van der Waals surface area contributed by atoms with Gasteiger partial charge in [-0.2, -0.15) is 13.2 Å². The molecule has 2 fully saturated rings. The second-order valence-electron chi connectivity index (χ2n) is 9.76. The summed E-state index contributed by atoms with van der Waals surface area (Å²) in [5.41, 5.74) is 0.722. The second kappa shape index (κ2) is 9.72. The number of nitrogens with zero attached hydrogens (tertiary/aromatic N) is 3. The number of fused-ring (bicyclic) bond motifs is 1. The fourth-order valence-corrected chi connectivity index (χ4v) is 5.46. The van der Waals surface area contributed by atoms with Gasteiger partial charge in [0.15, 0.2) is 0 Å². The summed E-state index contributed by atoms with van der Waals surface area (Å²) >= 11 is 0. The minimum absolute atomic E-state index is 0.0165. The average Bonchev–Trinajstić information content (AvgIpc) is 3.50. The van der Waals surface area contributed by atoms with E-state index >= 15 is 0 Å². The molecule has 0 spiro atoms. The number of anilines is 1. The highest BCUT2D eigenvalue weighted by molar-refractivity contribution is 5.99. The molecule has 36 heavy (non-hydrogen) atoms. The van der Waals surface area contributed by atoms with Crippen molar-refractivity contribution in [1.82, 2.24) is 15.1 Å². The predicted molar refractivity (Wildman–Crippen MR) is 126 cm³/mol. The van der Waals surface area contributed by atoms with Crippen molar-refractivity contribution in [3.05, 3.63) is 65.0 Å². The molecule has 10 heteroatoms. The minimum atomic E-state index is -4.53.